The summed E-state index contributed by atoms with van der Waals surface area (Å²) in [6, 6.07) is 6.77. The molecule has 8 nitrogen and oxygen atoms in total. The number of hydrogen-bond donors (Lipinski definition) is 3. The van der Waals surface area contributed by atoms with Gasteiger partial charge in [-0.3, -0.25) is 14.4 Å². The first-order valence-electron chi connectivity index (χ1n) is 13.8. The molecule has 1 aromatic rings. The fourth-order valence-electron chi connectivity index (χ4n) is 4.48. The van der Waals surface area contributed by atoms with Crippen molar-refractivity contribution in [3.63, 3.8) is 0 Å². The normalized spacial score (nSPS) is 25.3. The minimum absolute atomic E-state index is 0.0457. The van der Waals surface area contributed by atoms with Gasteiger partial charge in [0.1, 0.15) is 24.2 Å². The fraction of sp³-hybridized carbons (Fsp3) is 0.655. The minimum atomic E-state index is -0.893. The minimum Gasteiger partial charge on any atom is -0.460 e. The van der Waals surface area contributed by atoms with Crippen LogP contribution in [-0.4, -0.2) is 47.9 Å². The van der Waals surface area contributed by atoms with Crippen molar-refractivity contribution in [2.75, 3.05) is 0 Å². The molecule has 2 rings (SSSR count). The maximum Gasteiger partial charge on any atom is 0.329 e. The van der Waals surface area contributed by atoms with Gasteiger partial charge in [-0.15, -0.1) is 0 Å². The van der Waals surface area contributed by atoms with Crippen LogP contribution in [0, 0.1) is 11.8 Å². The van der Waals surface area contributed by atoms with Gasteiger partial charge in [0.25, 0.3) is 0 Å². The number of hydrogen-bond acceptors (Lipinski definition) is 5. The Bertz CT molecular complexity index is 891. The van der Waals surface area contributed by atoms with Crippen LogP contribution in [-0.2, 0) is 30.3 Å². The van der Waals surface area contributed by atoms with Gasteiger partial charge in [0, 0.05) is 6.42 Å². The lowest BCUT2D eigenvalue weighted by Crippen LogP contribution is -2.55. The highest BCUT2D eigenvalue weighted by molar-refractivity contribution is 5.94. The Morgan fingerprint density at radius 3 is 2.24 bits per heavy atom. The van der Waals surface area contributed by atoms with E-state index in [9.17, 15) is 19.2 Å². The first-order chi connectivity index (χ1) is 17.7. The predicted molar refractivity (Wildman–Crippen MR) is 143 cm³/mol. The molecule has 0 radical (unpaired) electrons. The number of benzene rings is 1. The number of ether oxygens (including phenoxy) is 1. The molecule has 1 saturated heterocycles. The maximum absolute atomic E-state index is 13.3. The molecule has 3 N–H and O–H groups in total. The quantitative estimate of drug-likeness (QED) is 0.325. The van der Waals surface area contributed by atoms with E-state index in [0.29, 0.717) is 6.42 Å². The van der Waals surface area contributed by atoms with Crippen LogP contribution in [0.25, 0.3) is 0 Å². The average molecular weight is 516 g/mol. The molecular weight excluding hydrogens is 470 g/mol. The van der Waals surface area contributed by atoms with Crippen molar-refractivity contribution in [3.8, 4) is 0 Å². The van der Waals surface area contributed by atoms with Crippen LogP contribution in [0.2, 0.25) is 0 Å². The summed E-state index contributed by atoms with van der Waals surface area (Å²) in [7, 11) is 0. The van der Waals surface area contributed by atoms with Crippen molar-refractivity contribution >= 4 is 23.7 Å². The third-order valence-electron chi connectivity index (χ3n) is 7.25. The molecule has 6 atom stereocenters. The molecule has 0 unspecified atom stereocenters. The summed E-state index contributed by atoms with van der Waals surface area (Å²) < 4.78 is 5.93. The third-order valence-corrected chi connectivity index (χ3v) is 7.25. The second kappa shape index (κ2) is 15.4. The Morgan fingerprint density at radius 1 is 0.892 bits per heavy atom. The number of amides is 3. The van der Waals surface area contributed by atoms with Crippen molar-refractivity contribution in [1.29, 1.82) is 0 Å². The lowest BCUT2D eigenvalue weighted by Gasteiger charge is -2.29. The monoisotopic (exact) mass is 515 g/mol. The van der Waals surface area contributed by atoms with Crippen molar-refractivity contribution < 1.29 is 23.9 Å². The van der Waals surface area contributed by atoms with Gasteiger partial charge in [-0.05, 0) is 30.7 Å². The van der Waals surface area contributed by atoms with E-state index in [1.807, 2.05) is 51.1 Å². The zero-order chi connectivity index (χ0) is 27.4. The van der Waals surface area contributed by atoms with Crippen LogP contribution in [0.1, 0.15) is 85.1 Å². The Balaban J connectivity index is 2.33. The van der Waals surface area contributed by atoms with Crippen LogP contribution in [0.4, 0.5) is 0 Å². The number of carbonyl (C=O) groups excluding carboxylic acids is 4. The molecule has 0 aromatic heterocycles. The van der Waals surface area contributed by atoms with E-state index in [0.717, 1.165) is 37.7 Å². The van der Waals surface area contributed by atoms with Gasteiger partial charge in [-0.1, -0.05) is 90.1 Å². The average Bonchev–Trinajstić information content (AvgIpc) is 2.88. The van der Waals surface area contributed by atoms with E-state index in [-0.39, 0.29) is 30.6 Å². The van der Waals surface area contributed by atoms with E-state index >= 15 is 0 Å². The summed E-state index contributed by atoms with van der Waals surface area (Å²) in [5.74, 6) is -2.05. The molecule has 1 aliphatic rings. The fourth-order valence-corrected chi connectivity index (χ4v) is 4.48. The SMILES string of the molecule is CCCCCC[C@H](C)[C@H]1CC(=O)N[C@@H](Cc2ccccc2)C(=O)N[C@@H](C)C(=O)N[C@H]([C@H](C)CC)C(=O)O1. The van der Waals surface area contributed by atoms with Crippen LogP contribution in [0.5, 0.6) is 0 Å². The molecule has 3 amide bonds. The summed E-state index contributed by atoms with van der Waals surface area (Å²) in [6.45, 7) is 9.51. The third kappa shape index (κ3) is 9.82. The topological polar surface area (TPSA) is 114 Å². The lowest BCUT2D eigenvalue weighted by molar-refractivity contribution is -0.158. The summed E-state index contributed by atoms with van der Waals surface area (Å²) in [6.07, 6.45) is 5.35. The van der Waals surface area contributed by atoms with Crippen LogP contribution in [0.15, 0.2) is 30.3 Å². The van der Waals surface area contributed by atoms with Gasteiger partial charge < -0.3 is 20.7 Å². The standard InChI is InChI=1S/C29H45N3O5/c1-6-8-9-11-14-20(4)24-18-25(33)31-23(17-22-15-12-10-13-16-22)28(35)30-21(5)27(34)32-26(19(3)7-2)29(36)37-24/h10,12-13,15-16,19-21,23-24,26H,6-9,11,14,17-18H2,1-5H3,(H,30,35)(H,31,33)(H,32,34)/t19-,20+,21+,23+,24-,26-/m1/s1. The van der Waals surface area contributed by atoms with Gasteiger partial charge in [-0.2, -0.15) is 0 Å². The summed E-state index contributed by atoms with van der Waals surface area (Å²) in [5.41, 5.74) is 0.883. The van der Waals surface area contributed by atoms with E-state index < -0.39 is 42.0 Å². The molecule has 0 saturated carbocycles. The molecule has 1 heterocycles. The van der Waals surface area contributed by atoms with E-state index in [1.165, 1.54) is 0 Å². The van der Waals surface area contributed by atoms with Gasteiger partial charge in [0.05, 0.1) is 6.42 Å². The predicted octanol–water partition coefficient (Wildman–Crippen LogP) is 3.67. The number of unbranched alkanes of at least 4 members (excludes halogenated alkanes) is 3. The zero-order valence-electron chi connectivity index (χ0n) is 23.0. The van der Waals surface area contributed by atoms with Crippen molar-refractivity contribution in [2.24, 2.45) is 11.8 Å². The lowest BCUT2D eigenvalue weighted by atomic mass is 9.93. The number of rotatable bonds is 10. The van der Waals surface area contributed by atoms with Gasteiger partial charge in [0.2, 0.25) is 17.7 Å². The van der Waals surface area contributed by atoms with Crippen molar-refractivity contribution in [3.05, 3.63) is 35.9 Å². The Labute approximate surface area is 221 Å². The van der Waals surface area contributed by atoms with Crippen molar-refractivity contribution in [2.45, 2.75) is 110 Å². The molecule has 0 aliphatic carbocycles. The Kier molecular flexibility index (Phi) is 12.6. The molecule has 8 heteroatoms. The van der Waals surface area contributed by atoms with Crippen LogP contribution < -0.4 is 16.0 Å². The van der Waals surface area contributed by atoms with Crippen LogP contribution >= 0.6 is 0 Å². The molecule has 1 aliphatic heterocycles. The maximum atomic E-state index is 13.3. The molecule has 0 spiro atoms. The van der Waals surface area contributed by atoms with Gasteiger partial charge in [0.15, 0.2) is 0 Å². The molecule has 0 bridgehead atoms. The molecule has 1 fully saturated rings. The number of nitrogens with one attached hydrogen (secondary N) is 3. The molecule has 1 aromatic carbocycles. The second-order valence-corrected chi connectivity index (χ2v) is 10.4. The number of carbonyl (C=O) groups is 4. The van der Waals surface area contributed by atoms with E-state index in [2.05, 4.69) is 22.9 Å². The number of cyclic esters (lactones) is 1. The summed E-state index contributed by atoms with van der Waals surface area (Å²) >= 11 is 0. The highest BCUT2D eigenvalue weighted by Crippen LogP contribution is 2.22. The van der Waals surface area contributed by atoms with Gasteiger partial charge >= 0.3 is 5.97 Å². The Morgan fingerprint density at radius 2 is 1.59 bits per heavy atom. The van der Waals surface area contributed by atoms with Crippen LogP contribution in [0.3, 0.4) is 0 Å². The molecule has 37 heavy (non-hydrogen) atoms. The Hall–Kier alpha value is -2.90. The summed E-state index contributed by atoms with van der Waals surface area (Å²) in [5, 5.41) is 8.33. The van der Waals surface area contributed by atoms with E-state index in [4.69, 9.17) is 4.74 Å². The zero-order valence-corrected chi connectivity index (χ0v) is 23.0. The largest absolute Gasteiger partial charge is 0.460 e. The molecule has 206 valence electrons. The second-order valence-electron chi connectivity index (χ2n) is 10.4. The summed E-state index contributed by atoms with van der Waals surface area (Å²) in [4.78, 5) is 52.6. The van der Waals surface area contributed by atoms with Gasteiger partial charge in [-0.25, -0.2) is 4.79 Å². The highest BCUT2D eigenvalue weighted by atomic mass is 16.5. The molecular formula is C29H45N3O5. The van der Waals surface area contributed by atoms with E-state index in [1.54, 1.807) is 6.92 Å². The number of esters is 1. The first-order valence-corrected chi connectivity index (χ1v) is 13.8. The smallest absolute Gasteiger partial charge is 0.329 e. The highest BCUT2D eigenvalue weighted by Gasteiger charge is 2.35. The van der Waals surface area contributed by atoms with Crippen molar-refractivity contribution in [1.82, 2.24) is 16.0 Å². The first kappa shape index (κ1) is 30.3.